The molecule has 1 aliphatic rings. The molecular formula is C10H17NO. The number of aliphatic hydroxyl groups is 1. The number of aliphatic hydroxyl groups excluding tert-OH is 1. The van der Waals surface area contributed by atoms with Crippen LogP contribution in [0.4, 0.5) is 0 Å². The highest BCUT2D eigenvalue weighted by Gasteiger charge is 2.24. The van der Waals surface area contributed by atoms with Crippen LogP contribution in [-0.4, -0.2) is 11.2 Å². The first-order chi connectivity index (χ1) is 5.74. The standard InChI is InChI=1S/C10H17NO/c1-8-3-2-4-9(7-8)10(12)5-6-11/h8-10,12H,2-5,7H2,1H3. The Morgan fingerprint density at radius 3 is 2.92 bits per heavy atom. The number of nitrogens with zero attached hydrogens (tertiary/aromatic N) is 1. The van der Waals surface area contributed by atoms with E-state index in [1.165, 1.54) is 12.8 Å². The molecule has 68 valence electrons. The first-order valence-electron chi connectivity index (χ1n) is 4.79. The lowest BCUT2D eigenvalue weighted by atomic mass is 9.79. The number of rotatable bonds is 2. The summed E-state index contributed by atoms with van der Waals surface area (Å²) in [6.07, 6.45) is 4.63. The second-order valence-electron chi connectivity index (χ2n) is 3.96. The van der Waals surface area contributed by atoms with Gasteiger partial charge in [0.1, 0.15) is 0 Å². The Kier molecular flexibility index (Phi) is 3.55. The van der Waals surface area contributed by atoms with Gasteiger partial charge < -0.3 is 5.11 Å². The Bertz CT molecular complexity index is 173. The van der Waals surface area contributed by atoms with E-state index in [-0.39, 0.29) is 6.10 Å². The average Bonchev–Trinajstić information content (AvgIpc) is 2.05. The van der Waals surface area contributed by atoms with E-state index in [1.807, 2.05) is 6.07 Å². The molecule has 0 bridgehead atoms. The van der Waals surface area contributed by atoms with Crippen molar-refractivity contribution in [1.29, 1.82) is 5.26 Å². The highest BCUT2D eigenvalue weighted by molar-refractivity contribution is 4.83. The monoisotopic (exact) mass is 167 g/mol. The van der Waals surface area contributed by atoms with Crippen molar-refractivity contribution in [2.75, 3.05) is 0 Å². The summed E-state index contributed by atoms with van der Waals surface area (Å²) in [7, 11) is 0. The largest absolute Gasteiger partial charge is 0.392 e. The van der Waals surface area contributed by atoms with E-state index in [9.17, 15) is 5.11 Å². The van der Waals surface area contributed by atoms with E-state index in [2.05, 4.69) is 6.92 Å². The van der Waals surface area contributed by atoms with Gasteiger partial charge in [-0.25, -0.2) is 0 Å². The van der Waals surface area contributed by atoms with Gasteiger partial charge in [0.05, 0.1) is 18.6 Å². The molecule has 0 amide bonds. The van der Waals surface area contributed by atoms with Gasteiger partial charge in [-0.3, -0.25) is 0 Å². The van der Waals surface area contributed by atoms with Crippen LogP contribution in [-0.2, 0) is 0 Å². The maximum atomic E-state index is 9.57. The van der Waals surface area contributed by atoms with Gasteiger partial charge in [0.15, 0.2) is 0 Å². The Morgan fingerprint density at radius 2 is 2.33 bits per heavy atom. The van der Waals surface area contributed by atoms with Crippen LogP contribution in [0.25, 0.3) is 0 Å². The van der Waals surface area contributed by atoms with E-state index in [0.717, 1.165) is 18.8 Å². The van der Waals surface area contributed by atoms with Crippen molar-refractivity contribution in [2.24, 2.45) is 11.8 Å². The molecule has 12 heavy (non-hydrogen) atoms. The van der Waals surface area contributed by atoms with E-state index in [0.29, 0.717) is 12.3 Å². The van der Waals surface area contributed by atoms with Crippen molar-refractivity contribution in [2.45, 2.75) is 45.1 Å². The summed E-state index contributed by atoms with van der Waals surface area (Å²) < 4.78 is 0. The lowest BCUT2D eigenvalue weighted by Gasteiger charge is -2.29. The summed E-state index contributed by atoms with van der Waals surface area (Å²) in [6, 6.07) is 2.03. The molecule has 1 saturated carbocycles. The number of nitriles is 1. The highest BCUT2D eigenvalue weighted by Crippen LogP contribution is 2.31. The van der Waals surface area contributed by atoms with Crippen molar-refractivity contribution >= 4 is 0 Å². The number of hydrogen-bond acceptors (Lipinski definition) is 2. The summed E-state index contributed by atoms with van der Waals surface area (Å²) in [5.41, 5.74) is 0. The van der Waals surface area contributed by atoms with Gasteiger partial charge in [-0.2, -0.15) is 5.26 Å². The molecule has 1 aliphatic carbocycles. The van der Waals surface area contributed by atoms with Gasteiger partial charge in [0.25, 0.3) is 0 Å². The van der Waals surface area contributed by atoms with Crippen LogP contribution in [0.1, 0.15) is 39.0 Å². The zero-order chi connectivity index (χ0) is 8.97. The van der Waals surface area contributed by atoms with E-state index >= 15 is 0 Å². The molecule has 1 rings (SSSR count). The molecule has 0 aromatic carbocycles. The molecule has 2 heteroatoms. The van der Waals surface area contributed by atoms with Crippen LogP contribution >= 0.6 is 0 Å². The lowest BCUT2D eigenvalue weighted by molar-refractivity contribution is 0.0754. The summed E-state index contributed by atoms with van der Waals surface area (Å²) in [5, 5.41) is 18.0. The Labute approximate surface area is 74.2 Å². The van der Waals surface area contributed by atoms with Gasteiger partial charge in [-0.1, -0.05) is 19.8 Å². The van der Waals surface area contributed by atoms with Crippen molar-refractivity contribution in [3.63, 3.8) is 0 Å². The topological polar surface area (TPSA) is 44.0 Å². The predicted octanol–water partition coefficient (Wildman–Crippen LogP) is 2.09. The van der Waals surface area contributed by atoms with Crippen LogP contribution in [0.3, 0.4) is 0 Å². The molecule has 0 spiro atoms. The fraction of sp³-hybridized carbons (Fsp3) is 0.900. The van der Waals surface area contributed by atoms with Crippen molar-refractivity contribution in [1.82, 2.24) is 0 Å². The first-order valence-corrected chi connectivity index (χ1v) is 4.79. The fourth-order valence-electron chi connectivity index (χ4n) is 2.09. The third-order valence-electron chi connectivity index (χ3n) is 2.82. The highest BCUT2D eigenvalue weighted by atomic mass is 16.3. The van der Waals surface area contributed by atoms with Gasteiger partial charge in [-0.15, -0.1) is 0 Å². The summed E-state index contributed by atoms with van der Waals surface area (Å²) in [5.74, 6) is 1.12. The average molecular weight is 167 g/mol. The molecule has 3 unspecified atom stereocenters. The SMILES string of the molecule is CC1CCCC(C(O)CC#N)C1. The molecule has 0 aromatic rings. The van der Waals surface area contributed by atoms with Crippen molar-refractivity contribution < 1.29 is 5.11 Å². The summed E-state index contributed by atoms with van der Waals surface area (Å²) in [4.78, 5) is 0. The minimum atomic E-state index is -0.377. The van der Waals surface area contributed by atoms with Crippen LogP contribution < -0.4 is 0 Å². The van der Waals surface area contributed by atoms with E-state index in [1.54, 1.807) is 0 Å². The Morgan fingerprint density at radius 1 is 1.58 bits per heavy atom. The second kappa shape index (κ2) is 4.47. The normalized spacial score (nSPS) is 32.4. The molecule has 2 nitrogen and oxygen atoms in total. The Hall–Kier alpha value is -0.550. The molecule has 0 aromatic heterocycles. The van der Waals surface area contributed by atoms with Gasteiger partial charge in [0.2, 0.25) is 0 Å². The van der Waals surface area contributed by atoms with Crippen LogP contribution in [0.5, 0.6) is 0 Å². The maximum absolute atomic E-state index is 9.57. The van der Waals surface area contributed by atoms with Gasteiger partial charge in [-0.05, 0) is 24.7 Å². The van der Waals surface area contributed by atoms with Gasteiger partial charge >= 0.3 is 0 Å². The van der Waals surface area contributed by atoms with Gasteiger partial charge in [0, 0.05) is 0 Å². The van der Waals surface area contributed by atoms with E-state index < -0.39 is 0 Å². The smallest absolute Gasteiger partial charge is 0.0698 e. The maximum Gasteiger partial charge on any atom is 0.0698 e. The molecule has 0 saturated heterocycles. The third kappa shape index (κ3) is 2.49. The van der Waals surface area contributed by atoms with Crippen molar-refractivity contribution in [3.05, 3.63) is 0 Å². The molecule has 0 radical (unpaired) electrons. The zero-order valence-corrected chi connectivity index (χ0v) is 7.66. The minimum absolute atomic E-state index is 0.303. The second-order valence-corrected chi connectivity index (χ2v) is 3.96. The molecule has 1 N–H and O–H groups in total. The third-order valence-corrected chi connectivity index (χ3v) is 2.82. The van der Waals surface area contributed by atoms with Crippen LogP contribution in [0.15, 0.2) is 0 Å². The molecular weight excluding hydrogens is 150 g/mol. The Balaban J connectivity index is 2.35. The van der Waals surface area contributed by atoms with Crippen molar-refractivity contribution in [3.8, 4) is 6.07 Å². The molecule has 3 atom stereocenters. The number of hydrogen-bond donors (Lipinski definition) is 1. The summed E-state index contributed by atoms with van der Waals surface area (Å²) >= 11 is 0. The molecule has 0 aliphatic heterocycles. The summed E-state index contributed by atoms with van der Waals surface area (Å²) in [6.45, 7) is 2.23. The zero-order valence-electron chi connectivity index (χ0n) is 7.66. The van der Waals surface area contributed by atoms with E-state index in [4.69, 9.17) is 5.26 Å². The quantitative estimate of drug-likeness (QED) is 0.684. The first kappa shape index (κ1) is 9.54. The predicted molar refractivity (Wildman–Crippen MR) is 47.4 cm³/mol. The fourth-order valence-corrected chi connectivity index (χ4v) is 2.09. The molecule has 0 heterocycles. The molecule has 1 fully saturated rings. The lowest BCUT2D eigenvalue weighted by Crippen LogP contribution is -2.25. The van der Waals surface area contributed by atoms with Crippen LogP contribution in [0, 0.1) is 23.2 Å². The minimum Gasteiger partial charge on any atom is -0.392 e. The van der Waals surface area contributed by atoms with Crippen LogP contribution in [0.2, 0.25) is 0 Å².